The van der Waals surface area contributed by atoms with E-state index in [0.29, 0.717) is 24.3 Å². The van der Waals surface area contributed by atoms with Crippen LogP contribution in [0.3, 0.4) is 0 Å². The van der Waals surface area contributed by atoms with Crippen molar-refractivity contribution in [2.45, 2.75) is 191 Å². The zero-order chi connectivity index (χ0) is 57.2. The van der Waals surface area contributed by atoms with Gasteiger partial charge in [0.15, 0.2) is 0 Å². The van der Waals surface area contributed by atoms with Gasteiger partial charge in [-0.1, -0.05) is 90.2 Å². The zero-order valence-electron chi connectivity index (χ0n) is 44.1. The Balaban J connectivity index is 2.09. The number of nitrogens with zero attached hydrogens (tertiary/aromatic N) is 1. The van der Waals surface area contributed by atoms with Gasteiger partial charge in [0.1, 0.15) is 48.0 Å². The highest BCUT2D eigenvalue weighted by molar-refractivity contribution is 6.00. The molecule has 17 N–H and O–H groups in total. The molecule has 26 heteroatoms. The first kappa shape index (κ1) is 63.9. The summed E-state index contributed by atoms with van der Waals surface area (Å²) in [6, 6.07) is -7.35. The summed E-state index contributed by atoms with van der Waals surface area (Å²) >= 11 is 0. The lowest BCUT2D eigenvalue weighted by Gasteiger charge is -2.31. The van der Waals surface area contributed by atoms with Gasteiger partial charge in [-0.25, -0.2) is 0 Å². The molecule has 1 aromatic carbocycles. The standard InChI is InChI=1S/C51H80N12O14/c1-3-29(2)13-10-8-6-4-5-7-9-11-14-31-24-44(70)57-35(25-41(53)67)46(72)59-34(23-30-16-18-32(65)19-17-30)45(71)60-36(26-42(54)68)47(73)58-33(20-21-40(52)66)51(77)63-22-12-15-39(63)50(76)61-37(27-43(55)69)48(74)62-38(28-64)49(75)56-31/h16-19,29,31,33-39,64-65H,3-15,20-28H2,1-2H3,(H2,52,66)(H2,53,67)(H2,54,68)(H2,55,69)(H,56,75)(H,57,70)(H,58,73)(H,59,72)(H,60,71)(H,61,76)(H,62,74)/t29-,31+,33-,34+,35-,36+,37+,38-,39-/m0/s1. The SMILES string of the molecule is CC[C@H](C)CCCCCCCCCC[C@@H]1CC(=O)N[C@@H](CC(N)=O)C(=O)N[C@H](Cc2ccc(O)cc2)C(=O)N[C@H](CC(N)=O)C(=O)N[C@@H](CCC(N)=O)C(=O)N2CCC[C@H]2C(=O)N[C@H](CC(N)=O)C(=O)N[C@@H](CO)C(=O)N1. The average molecular weight is 1090 g/mol. The van der Waals surface area contributed by atoms with Crippen molar-refractivity contribution < 1.29 is 67.7 Å². The number of aliphatic hydroxyl groups is 1. The molecule has 12 amide bonds. The molecule has 2 fully saturated rings. The van der Waals surface area contributed by atoms with E-state index in [1.165, 1.54) is 30.7 Å². The van der Waals surface area contributed by atoms with E-state index in [0.717, 1.165) is 49.8 Å². The largest absolute Gasteiger partial charge is 0.508 e. The lowest BCUT2D eigenvalue weighted by atomic mass is 9.99. The van der Waals surface area contributed by atoms with Crippen LogP contribution in [-0.2, 0) is 64.0 Å². The summed E-state index contributed by atoms with van der Waals surface area (Å²) in [6.45, 7) is 3.32. The second kappa shape index (κ2) is 32.9. The Morgan fingerprint density at radius 3 is 1.58 bits per heavy atom. The maximum Gasteiger partial charge on any atom is 0.245 e. The highest BCUT2D eigenvalue weighted by Gasteiger charge is 2.41. The maximum absolute atomic E-state index is 14.3. The second-order valence-electron chi connectivity index (χ2n) is 20.0. The number of hydrogen-bond acceptors (Lipinski definition) is 14. The van der Waals surface area contributed by atoms with Gasteiger partial charge in [0.05, 0.1) is 25.9 Å². The second-order valence-corrected chi connectivity index (χ2v) is 20.0. The summed E-state index contributed by atoms with van der Waals surface area (Å²) in [4.78, 5) is 162. The summed E-state index contributed by atoms with van der Waals surface area (Å²) in [7, 11) is 0. The molecule has 77 heavy (non-hydrogen) atoms. The molecule has 428 valence electrons. The van der Waals surface area contributed by atoms with Gasteiger partial charge in [-0.05, 0) is 49.3 Å². The molecule has 0 spiro atoms. The first-order valence-electron chi connectivity index (χ1n) is 26.5. The fourth-order valence-electron chi connectivity index (χ4n) is 9.06. The van der Waals surface area contributed by atoms with E-state index < -0.39 is 164 Å². The molecule has 2 aliphatic rings. The van der Waals surface area contributed by atoms with Crippen molar-refractivity contribution in [3.05, 3.63) is 29.8 Å². The number of phenolic OH excluding ortho intramolecular Hbond substituents is 1. The number of hydrogen-bond donors (Lipinski definition) is 13. The van der Waals surface area contributed by atoms with Crippen LogP contribution in [0.2, 0.25) is 0 Å². The number of primary amides is 4. The summed E-state index contributed by atoms with van der Waals surface area (Å²) in [5.74, 6) is -11.9. The predicted molar refractivity (Wildman–Crippen MR) is 277 cm³/mol. The number of benzene rings is 1. The van der Waals surface area contributed by atoms with Gasteiger partial charge in [0.2, 0.25) is 70.9 Å². The van der Waals surface area contributed by atoms with Crippen molar-refractivity contribution in [1.82, 2.24) is 42.1 Å². The lowest BCUT2D eigenvalue weighted by molar-refractivity contribution is -0.143. The number of unbranched alkanes of at least 4 members (excludes halogenated alkanes) is 7. The summed E-state index contributed by atoms with van der Waals surface area (Å²) in [6.07, 6.45) is 5.82. The molecule has 2 heterocycles. The molecular formula is C51H80N12O14. The minimum absolute atomic E-state index is 0.00290. The maximum atomic E-state index is 14.3. The molecule has 9 atom stereocenters. The van der Waals surface area contributed by atoms with Crippen LogP contribution in [0.25, 0.3) is 0 Å². The Bertz CT molecular complexity index is 2230. The van der Waals surface area contributed by atoms with Gasteiger partial charge in [-0.2, -0.15) is 0 Å². The highest BCUT2D eigenvalue weighted by atomic mass is 16.3. The molecule has 1 aromatic rings. The van der Waals surface area contributed by atoms with Crippen LogP contribution in [0, 0.1) is 5.92 Å². The number of aliphatic hydroxyl groups excluding tert-OH is 1. The molecule has 0 bridgehead atoms. The smallest absolute Gasteiger partial charge is 0.245 e. The van der Waals surface area contributed by atoms with E-state index in [2.05, 4.69) is 51.1 Å². The normalized spacial score (nSPS) is 24.0. The van der Waals surface area contributed by atoms with Crippen LogP contribution in [0.4, 0.5) is 0 Å². The quantitative estimate of drug-likeness (QED) is 0.0479. The first-order valence-corrected chi connectivity index (χ1v) is 26.5. The first-order chi connectivity index (χ1) is 36.5. The molecule has 0 radical (unpaired) electrons. The zero-order valence-corrected chi connectivity index (χ0v) is 44.1. The van der Waals surface area contributed by atoms with Crippen LogP contribution in [0.15, 0.2) is 24.3 Å². The lowest BCUT2D eigenvalue weighted by Crippen LogP contribution is -2.60. The Morgan fingerprint density at radius 2 is 1.05 bits per heavy atom. The fraction of sp³-hybridized carbons (Fsp3) is 0.647. The molecule has 0 saturated carbocycles. The Labute approximate surface area is 447 Å². The molecule has 0 unspecified atom stereocenters. The number of amides is 12. The van der Waals surface area contributed by atoms with Crippen LogP contribution in [0.1, 0.15) is 141 Å². The Kier molecular flexibility index (Phi) is 27.3. The van der Waals surface area contributed by atoms with Crippen molar-refractivity contribution in [3.8, 4) is 5.75 Å². The molecule has 26 nitrogen and oxygen atoms in total. The molecule has 3 rings (SSSR count). The molecule has 2 aliphatic heterocycles. The molecule has 2 saturated heterocycles. The van der Waals surface area contributed by atoms with Gasteiger partial charge in [0, 0.05) is 31.8 Å². The minimum atomic E-state index is -1.86. The number of carbonyl (C=O) groups is 12. The van der Waals surface area contributed by atoms with Crippen molar-refractivity contribution >= 4 is 70.9 Å². The van der Waals surface area contributed by atoms with Crippen molar-refractivity contribution in [1.29, 1.82) is 0 Å². The molecule has 0 aliphatic carbocycles. The van der Waals surface area contributed by atoms with Crippen LogP contribution in [-0.4, -0.2) is 147 Å². The fourth-order valence-corrected chi connectivity index (χ4v) is 9.06. The van der Waals surface area contributed by atoms with Crippen molar-refractivity contribution in [2.75, 3.05) is 13.2 Å². The van der Waals surface area contributed by atoms with E-state index in [9.17, 15) is 67.7 Å². The number of phenols is 1. The number of nitrogens with two attached hydrogens (primary N) is 4. The van der Waals surface area contributed by atoms with E-state index in [1.54, 1.807) is 0 Å². The number of aromatic hydroxyl groups is 1. The van der Waals surface area contributed by atoms with E-state index in [-0.39, 0.29) is 38.0 Å². The van der Waals surface area contributed by atoms with Crippen LogP contribution in [0.5, 0.6) is 5.75 Å². The molecular weight excluding hydrogens is 1000 g/mol. The summed E-state index contributed by atoms with van der Waals surface area (Å²) in [5.41, 5.74) is 22.2. The van der Waals surface area contributed by atoms with Crippen LogP contribution >= 0.6 is 0 Å². The third kappa shape index (κ3) is 23.2. The predicted octanol–water partition coefficient (Wildman–Crippen LogP) is -2.45. The highest BCUT2D eigenvalue weighted by Crippen LogP contribution is 2.21. The van der Waals surface area contributed by atoms with E-state index in [4.69, 9.17) is 22.9 Å². The number of rotatable bonds is 24. The van der Waals surface area contributed by atoms with Gasteiger partial charge in [-0.15, -0.1) is 0 Å². The number of fused-ring (bicyclic) bond motifs is 1. The van der Waals surface area contributed by atoms with E-state index in [1.807, 2.05) is 0 Å². The van der Waals surface area contributed by atoms with Crippen molar-refractivity contribution in [2.24, 2.45) is 28.9 Å². The topological polar surface area (TPSA) is 437 Å². The van der Waals surface area contributed by atoms with Gasteiger partial charge in [0.25, 0.3) is 0 Å². The van der Waals surface area contributed by atoms with Gasteiger partial charge < -0.3 is 75.3 Å². The van der Waals surface area contributed by atoms with E-state index >= 15 is 0 Å². The average Bonchev–Trinajstić information content (AvgIpc) is 3.86. The summed E-state index contributed by atoms with van der Waals surface area (Å²) in [5, 5.41) is 37.3. The van der Waals surface area contributed by atoms with Crippen molar-refractivity contribution in [3.63, 3.8) is 0 Å². The van der Waals surface area contributed by atoms with Crippen LogP contribution < -0.4 is 60.2 Å². The summed E-state index contributed by atoms with van der Waals surface area (Å²) < 4.78 is 0. The Morgan fingerprint density at radius 1 is 0.584 bits per heavy atom. The monoisotopic (exact) mass is 1080 g/mol. The number of nitrogens with one attached hydrogen (secondary N) is 7. The number of carbonyl (C=O) groups excluding carboxylic acids is 12. The van der Waals surface area contributed by atoms with Gasteiger partial charge in [-0.3, -0.25) is 57.5 Å². The Hall–Kier alpha value is -7.38. The third-order valence-electron chi connectivity index (χ3n) is 13.6. The minimum Gasteiger partial charge on any atom is -0.508 e. The third-order valence-corrected chi connectivity index (χ3v) is 13.6. The van der Waals surface area contributed by atoms with Gasteiger partial charge >= 0.3 is 0 Å². The molecule has 0 aromatic heterocycles.